The maximum Gasteiger partial charge on any atom is 0.234 e. The van der Waals surface area contributed by atoms with Gasteiger partial charge in [0.1, 0.15) is 12.4 Å². The first-order chi connectivity index (χ1) is 19.8. The van der Waals surface area contributed by atoms with E-state index in [0.717, 1.165) is 52.0 Å². The zero-order chi connectivity index (χ0) is 28.9. The number of ether oxygens (including phenoxy) is 1. The molecule has 1 heterocycles. The van der Waals surface area contributed by atoms with Crippen LogP contribution in [0, 0.1) is 32.1 Å². The van der Waals surface area contributed by atoms with Crippen LogP contribution in [0.2, 0.25) is 0 Å². The van der Waals surface area contributed by atoms with E-state index in [2.05, 4.69) is 16.7 Å². The van der Waals surface area contributed by atoms with E-state index in [4.69, 9.17) is 4.74 Å². The van der Waals surface area contributed by atoms with Gasteiger partial charge < -0.3 is 15.4 Å². The number of hydrogen-bond donors (Lipinski definition) is 2. The molecule has 0 saturated heterocycles. The number of thioether (sulfide) groups is 1. The van der Waals surface area contributed by atoms with Crippen LogP contribution in [0.3, 0.4) is 0 Å². The molecule has 1 unspecified atom stereocenters. The minimum atomic E-state index is -0.487. The van der Waals surface area contributed by atoms with Gasteiger partial charge in [-0.25, -0.2) is 0 Å². The van der Waals surface area contributed by atoms with Crippen LogP contribution >= 0.6 is 11.8 Å². The number of nitrogens with zero attached hydrogens (tertiary/aromatic N) is 1. The average Bonchev–Trinajstić information content (AvgIpc) is 2.97. The van der Waals surface area contributed by atoms with Crippen LogP contribution < -0.4 is 15.4 Å². The summed E-state index contributed by atoms with van der Waals surface area (Å²) in [6.07, 6.45) is 1.95. The molecule has 1 amide bonds. The maximum atomic E-state index is 13.1. The number of amides is 1. The van der Waals surface area contributed by atoms with Crippen LogP contribution in [0.25, 0.3) is 0 Å². The Bertz CT molecular complexity index is 1560. The second-order valence-electron chi connectivity index (χ2n) is 10.5. The van der Waals surface area contributed by atoms with Crippen LogP contribution in [0.1, 0.15) is 53.0 Å². The van der Waals surface area contributed by atoms with Crippen molar-refractivity contribution < 1.29 is 14.3 Å². The smallest absolute Gasteiger partial charge is 0.234 e. The molecule has 0 saturated carbocycles. The topological polar surface area (TPSA) is 91.2 Å². The molecule has 0 aromatic heterocycles. The Balaban J connectivity index is 1.37. The van der Waals surface area contributed by atoms with Crippen molar-refractivity contribution >= 4 is 29.1 Å². The molecule has 3 aromatic rings. The number of anilines is 1. The second kappa shape index (κ2) is 12.5. The summed E-state index contributed by atoms with van der Waals surface area (Å²) >= 11 is 1.30. The fourth-order valence-corrected chi connectivity index (χ4v) is 6.42. The molecule has 7 heteroatoms. The summed E-state index contributed by atoms with van der Waals surface area (Å²) in [4.78, 5) is 26.1. The number of hydrogen-bond acceptors (Lipinski definition) is 6. The van der Waals surface area contributed by atoms with Crippen LogP contribution in [-0.2, 0) is 16.2 Å². The molecule has 0 spiro atoms. The summed E-state index contributed by atoms with van der Waals surface area (Å²) in [5.41, 5.74) is 7.89. The van der Waals surface area contributed by atoms with Crippen molar-refractivity contribution in [3.8, 4) is 11.8 Å². The Labute approximate surface area is 245 Å². The lowest BCUT2D eigenvalue weighted by Gasteiger charge is -2.33. The Morgan fingerprint density at radius 1 is 1.05 bits per heavy atom. The lowest BCUT2D eigenvalue weighted by atomic mass is 9.77. The van der Waals surface area contributed by atoms with Gasteiger partial charge in [0, 0.05) is 23.4 Å². The van der Waals surface area contributed by atoms with Crippen molar-refractivity contribution in [2.75, 3.05) is 11.1 Å². The third kappa shape index (κ3) is 6.39. The van der Waals surface area contributed by atoms with Gasteiger partial charge in [0.25, 0.3) is 0 Å². The quantitative estimate of drug-likeness (QED) is 0.307. The van der Waals surface area contributed by atoms with Gasteiger partial charge in [-0.15, -0.1) is 0 Å². The van der Waals surface area contributed by atoms with E-state index in [-0.39, 0.29) is 17.4 Å². The second-order valence-corrected chi connectivity index (χ2v) is 11.5. The third-order valence-electron chi connectivity index (χ3n) is 7.41. The molecule has 1 aliphatic heterocycles. The number of nitriles is 1. The zero-order valence-electron chi connectivity index (χ0n) is 23.5. The molecule has 1 atom stereocenters. The number of ketones is 1. The van der Waals surface area contributed by atoms with Crippen molar-refractivity contribution in [1.29, 1.82) is 5.26 Å². The predicted molar refractivity (Wildman–Crippen MR) is 163 cm³/mol. The fourth-order valence-electron chi connectivity index (χ4n) is 5.56. The van der Waals surface area contributed by atoms with Gasteiger partial charge in [-0.2, -0.15) is 5.26 Å². The number of carbonyl (C=O) groups excluding carboxylic acids is 2. The first kappa shape index (κ1) is 28.3. The summed E-state index contributed by atoms with van der Waals surface area (Å²) in [6.45, 7) is 6.46. The molecule has 41 heavy (non-hydrogen) atoms. The number of rotatable bonds is 8. The monoisotopic (exact) mass is 563 g/mol. The summed E-state index contributed by atoms with van der Waals surface area (Å²) in [5, 5.41) is 17.3. The minimum Gasteiger partial charge on any atom is -0.489 e. The van der Waals surface area contributed by atoms with Gasteiger partial charge in [0.15, 0.2) is 5.78 Å². The fraction of sp³-hybridized carbons (Fsp3) is 0.265. The number of carbonyl (C=O) groups is 2. The number of allylic oxidation sites excluding steroid dienone is 3. The van der Waals surface area contributed by atoms with E-state index in [1.54, 1.807) is 0 Å². The molecule has 0 bridgehead atoms. The number of dihydropyridines is 1. The number of Topliss-reactive ketones (excluding diaryl/α,β-unsaturated/α-hetero) is 1. The van der Waals surface area contributed by atoms with Crippen molar-refractivity contribution in [1.82, 2.24) is 5.32 Å². The van der Waals surface area contributed by atoms with Gasteiger partial charge in [-0.05, 0) is 68.0 Å². The highest BCUT2D eigenvalue weighted by Gasteiger charge is 2.37. The lowest BCUT2D eigenvalue weighted by molar-refractivity contribution is -0.116. The molecule has 5 rings (SSSR count). The Hall–Kier alpha value is -4.28. The van der Waals surface area contributed by atoms with Gasteiger partial charge in [-0.3, -0.25) is 9.59 Å². The first-order valence-electron chi connectivity index (χ1n) is 13.8. The van der Waals surface area contributed by atoms with Crippen LogP contribution in [0.5, 0.6) is 5.75 Å². The third-order valence-corrected chi connectivity index (χ3v) is 8.43. The van der Waals surface area contributed by atoms with Crippen molar-refractivity contribution in [3.63, 3.8) is 0 Å². The highest BCUT2D eigenvalue weighted by atomic mass is 32.2. The summed E-state index contributed by atoms with van der Waals surface area (Å²) < 4.78 is 5.96. The number of nitrogens with one attached hydrogen (secondary N) is 2. The Morgan fingerprint density at radius 3 is 2.44 bits per heavy atom. The molecule has 6 nitrogen and oxygen atoms in total. The molecule has 2 aliphatic rings. The number of aryl methyl sites for hydroxylation is 3. The van der Waals surface area contributed by atoms with Crippen molar-refractivity contribution in [2.45, 2.75) is 52.6 Å². The predicted octanol–water partition coefficient (Wildman–Crippen LogP) is 6.99. The molecule has 1 aliphatic carbocycles. The Kier molecular flexibility index (Phi) is 8.61. The average molecular weight is 564 g/mol. The summed E-state index contributed by atoms with van der Waals surface area (Å²) in [5.74, 6) is 0.279. The van der Waals surface area contributed by atoms with Gasteiger partial charge >= 0.3 is 0 Å². The number of benzene rings is 3. The first-order valence-corrected chi connectivity index (χ1v) is 14.8. The van der Waals surface area contributed by atoms with Crippen molar-refractivity contribution in [2.24, 2.45) is 0 Å². The van der Waals surface area contributed by atoms with E-state index in [0.29, 0.717) is 35.0 Å². The van der Waals surface area contributed by atoms with E-state index < -0.39 is 5.92 Å². The zero-order valence-corrected chi connectivity index (χ0v) is 24.4. The van der Waals surface area contributed by atoms with E-state index in [1.807, 2.05) is 87.5 Å². The SMILES string of the molecule is Cc1cc(C)c(NC(=O)CSC2=C(C#N)C(c3ccc(OCc4ccccc4)cc3)C3=C(CCCC3=O)N2)c(C)c1. The van der Waals surface area contributed by atoms with E-state index >= 15 is 0 Å². The highest BCUT2D eigenvalue weighted by molar-refractivity contribution is 8.03. The Morgan fingerprint density at radius 2 is 1.76 bits per heavy atom. The summed E-state index contributed by atoms with van der Waals surface area (Å²) in [6, 6.07) is 24.0. The molecule has 3 aromatic carbocycles. The van der Waals surface area contributed by atoms with Gasteiger partial charge in [0.05, 0.1) is 28.3 Å². The van der Waals surface area contributed by atoms with Crippen LogP contribution in [0.15, 0.2) is 88.6 Å². The molecular formula is C34H33N3O3S. The van der Waals surface area contributed by atoms with Crippen molar-refractivity contribution in [3.05, 3.63) is 116 Å². The van der Waals surface area contributed by atoms with E-state index in [1.165, 1.54) is 11.8 Å². The van der Waals surface area contributed by atoms with Gasteiger partial charge in [-0.1, -0.05) is 71.9 Å². The van der Waals surface area contributed by atoms with Crippen LogP contribution in [-0.4, -0.2) is 17.4 Å². The van der Waals surface area contributed by atoms with E-state index in [9.17, 15) is 14.9 Å². The standard InChI is InChI=1S/C34H33N3O3S/c1-21-16-22(2)33(23(3)17-21)37-30(39)20-41-34-27(18-35)31(32-28(36-34)10-7-11-29(32)38)25-12-14-26(15-13-25)40-19-24-8-5-4-6-9-24/h4-6,8-9,12-17,31,36H,7,10-11,19-20H2,1-3H3,(H,37,39). The highest BCUT2D eigenvalue weighted by Crippen LogP contribution is 2.44. The minimum absolute atomic E-state index is 0.0630. The molecule has 0 radical (unpaired) electrons. The lowest BCUT2D eigenvalue weighted by Crippen LogP contribution is -2.31. The van der Waals surface area contributed by atoms with Gasteiger partial charge in [0.2, 0.25) is 5.91 Å². The summed E-state index contributed by atoms with van der Waals surface area (Å²) in [7, 11) is 0. The molecular weight excluding hydrogens is 530 g/mol. The van der Waals surface area contributed by atoms with Crippen LogP contribution in [0.4, 0.5) is 5.69 Å². The molecule has 208 valence electrons. The molecule has 2 N–H and O–H groups in total. The normalized spacial score (nSPS) is 16.5. The maximum absolute atomic E-state index is 13.1. The molecule has 0 fully saturated rings. The largest absolute Gasteiger partial charge is 0.489 e.